The van der Waals surface area contributed by atoms with Crippen LogP contribution in [0.5, 0.6) is 0 Å². The zero-order valence-electron chi connectivity index (χ0n) is 13.1. The third-order valence-corrected chi connectivity index (χ3v) is 4.19. The molecule has 0 unspecified atom stereocenters. The second-order valence-corrected chi connectivity index (χ2v) is 5.74. The van der Waals surface area contributed by atoms with E-state index in [4.69, 9.17) is 10.4 Å². The average molecular weight is 291 g/mol. The molecule has 0 spiro atoms. The van der Waals surface area contributed by atoms with Gasteiger partial charge in [0.05, 0.1) is 16.9 Å². The summed E-state index contributed by atoms with van der Waals surface area (Å²) in [4.78, 5) is 6.76. The molecule has 3 heteroatoms. The Hall–Kier alpha value is -2.42. The molecule has 3 nitrogen and oxygen atoms in total. The minimum Gasteiger partial charge on any atom is -0.364 e. The molecule has 0 fully saturated rings. The molecule has 0 saturated heterocycles. The Morgan fingerprint density at radius 3 is 2.09 bits per heavy atom. The number of aromatic nitrogens is 1. The van der Waals surface area contributed by atoms with Gasteiger partial charge in [-0.2, -0.15) is 0 Å². The van der Waals surface area contributed by atoms with Crippen LogP contribution in [0, 0.1) is 5.41 Å². The monoisotopic (exact) mass is 291 g/mol. The molecule has 2 aromatic carbocycles. The number of nitrogens with one attached hydrogen (secondary N) is 1. The molecule has 0 radical (unpaired) electrons. The maximum Gasteiger partial charge on any atom is 0.0923 e. The molecule has 22 heavy (non-hydrogen) atoms. The van der Waals surface area contributed by atoms with Crippen LogP contribution in [0.25, 0.3) is 21.8 Å². The third kappa shape index (κ3) is 2.80. The summed E-state index contributed by atoms with van der Waals surface area (Å²) < 4.78 is 0. The molecular formula is C19H21N3. The molecule has 0 aliphatic carbocycles. The van der Waals surface area contributed by atoms with E-state index in [1.807, 2.05) is 31.0 Å². The van der Waals surface area contributed by atoms with E-state index in [1.54, 1.807) is 0 Å². The first kappa shape index (κ1) is 14.5. The summed E-state index contributed by atoms with van der Waals surface area (Å²) in [6.07, 6.45) is 2.03. The second kappa shape index (κ2) is 6.14. The Kier molecular flexibility index (Phi) is 4.05. The van der Waals surface area contributed by atoms with Gasteiger partial charge in [0.15, 0.2) is 0 Å². The summed E-state index contributed by atoms with van der Waals surface area (Å²) in [6.45, 7) is 2.73. The number of pyridine rings is 1. The number of amidine groups is 1. The number of benzene rings is 2. The van der Waals surface area contributed by atoms with Crippen molar-refractivity contribution in [1.29, 1.82) is 5.41 Å². The summed E-state index contributed by atoms with van der Waals surface area (Å²) in [5.41, 5.74) is 3.50. The topological polar surface area (TPSA) is 40.0 Å². The van der Waals surface area contributed by atoms with E-state index < -0.39 is 0 Å². The molecule has 0 saturated carbocycles. The molecule has 1 aromatic heterocycles. The molecule has 1 heterocycles. The van der Waals surface area contributed by atoms with Gasteiger partial charge in [-0.05, 0) is 37.5 Å². The van der Waals surface area contributed by atoms with E-state index in [1.165, 1.54) is 16.3 Å². The Bertz CT molecular complexity index is 769. The van der Waals surface area contributed by atoms with E-state index in [0.29, 0.717) is 5.84 Å². The van der Waals surface area contributed by atoms with Crippen molar-refractivity contribution in [3.8, 4) is 0 Å². The van der Waals surface area contributed by atoms with Gasteiger partial charge in [0.25, 0.3) is 0 Å². The van der Waals surface area contributed by atoms with Crippen LogP contribution >= 0.6 is 0 Å². The summed E-state index contributed by atoms with van der Waals surface area (Å²) in [6, 6.07) is 16.7. The Morgan fingerprint density at radius 2 is 1.55 bits per heavy atom. The minimum atomic E-state index is 0.615. The molecule has 3 aromatic rings. The number of hydrogen-bond acceptors (Lipinski definition) is 2. The lowest BCUT2D eigenvalue weighted by atomic mass is 9.98. The van der Waals surface area contributed by atoms with E-state index in [-0.39, 0.29) is 0 Å². The fraction of sp³-hybridized carbons (Fsp3) is 0.263. The smallest absolute Gasteiger partial charge is 0.0923 e. The first-order valence-electron chi connectivity index (χ1n) is 7.69. The number of nitrogens with zero attached hydrogens (tertiary/aromatic N) is 2. The van der Waals surface area contributed by atoms with Gasteiger partial charge >= 0.3 is 0 Å². The summed E-state index contributed by atoms with van der Waals surface area (Å²) in [7, 11) is 1.98. The lowest BCUT2D eigenvalue weighted by Crippen LogP contribution is -2.24. The fourth-order valence-electron chi connectivity index (χ4n) is 2.86. The van der Waals surface area contributed by atoms with E-state index in [9.17, 15) is 0 Å². The number of rotatable bonds is 4. The normalized spacial score (nSPS) is 11.0. The van der Waals surface area contributed by atoms with Crippen molar-refractivity contribution in [2.24, 2.45) is 0 Å². The summed E-state index contributed by atoms with van der Waals surface area (Å²) in [5, 5.41) is 10.2. The summed E-state index contributed by atoms with van der Waals surface area (Å²) >= 11 is 0. The van der Waals surface area contributed by atoms with Crippen molar-refractivity contribution in [1.82, 2.24) is 9.88 Å². The van der Waals surface area contributed by atoms with Gasteiger partial charge in [-0.1, -0.05) is 36.4 Å². The highest BCUT2D eigenvalue weighted by Crippen LogP contribution is 2.26. The average Bonchev–Trinajstić information content (AvgIpc) is 2.53. The zero-order valence-corrected chi connectivity index (χ0v) is 13.1. The fourth-order valence-corrected chi connectivity index (χ4v) is 2.86. The third-order valence-electron chi connectivity index (χ3n) is 4.19. The van der Waals surface area contributed by atoms with E-state index >= 15 is 0 Å². The van der Waals surface area contributed by atoms with Crippen LogP contribution in [0.1, 0.15) is 18.9 Å². The van der Waals surface area contributed by atoms with Crippen LogP contribution in [0.3, 0.4) is 0 Å². The van der Waals surface area contributed by atoms with Gasteiger partial charge in [-0.25, -0.2) is 4.98 Å². The van der Waals surface area contributed by atoms with E-state index in [0.717, 1.165) is 30.4 Å². The van der Waals surface area contributed by atoms with Gasteiger partial charge in [0.2, 0.25) is 0 Å². The van der Waals surface area contributed by atoms with Gasteiger partial charge in [0.1, 0.15) is 0 Å². The van der Waals surface area contributed by atoms with Crippen molar-refractivity contribution in [2.75, 3.05) is 13.6 Å². The van der Waals surface area contributed by atoms with Crippen molar-refractivity contribution < 1.29 is 0 Å². The molecule has 112 valence electrons. The lowest BCUT2D eigenvalue weighted by Gasteiger charge is -2.17. The highest BCUT2D eigenvalue weighted by atomic mass is 15.1. The van der Waals surface area contributed by atoms with Crippen LogP contribution in [-0.2, 0) is 6.42 Å². The number of para-hydroxylation sites is 2. The molecule has 0 atom stereocenters. The maximum absolute atomic E-state index is 7.66. The van der Waals surface area contributed by atoms with E-state index in [2.05, 4.69) is 36.4 Å². The van der Waals surface area contributed by atoms with Gasteiger partial charge in [0, 0.05) is 24.4 Å². The van der Waals surface area contributed by atoms with Crippen molar-refractivity contribution in [2.45, 2.75) is 19.8 Å². The molecule has 1 N–H and O–H groups in total. The first-order valence-corrected chi connectivity index (χ1v) is 7.69. The number of hydrogen-bond donors (Lipinski definition) is 1. The molecule has 0 aliphatic rings. The highest BCUT2D eigenvalue weighted by molar-refractivity contribution is 5.97. The molecule has 0 bridgehead atoms. The number of aryl methyl sites for hydroxylation is 1. The highest BCUT2D eigenvalue weighted by Gasteiger charge is 2.09. The molecule has 0 amide bonds. The molecule has 3 rings (SSSR count). The van der Waals surface area contributed by atoms with Crippen molar-refractivity contribution in [3.05, 3.63) is 54.1 Å². The SMILES string of the molecule is CC(=N)N(C)CCCc1c2ccccc2nc2ccccc12. The minimum absolute atomic E-state index is 0.615. The lowest BCUT2D eigenvalue weighted by molar-refractivity contribution is 0.483. The largest absolute Gasteiger partial charge is 0.364 e. The first-order chi connectivity index (χ1) is 10.7. The zero-order chi connectivity index (χ0) is 15.5. The predicted molar refractivity (Wildman–Crippen MR) is 93.6 cm³/mol. The van der Waals surface area contributed by atoms with Crippen LogP contribution in [-0.4, -0.2) is 29.3 Å². The summed E-state index contributed by atoms with van der Waals surface area (Å²) in [5.74, 6) is 0.615. The second-order valence-electron chi connectivity index (χ2n) is 5.74. The maximum atomic E-state index is 7.66. The quantitative estimate of drug-likeness (QED) is 0.443. The van der Waals surface area contributed by atoms with Crippen molar-refractivity contribution >= 4 is 27.6 Å². The Balaban J connectivity index is 1.99. The van der Waals surface area contributed by atoms with Crippen LogP contribution in [0.2, 0.25) is 0 Å². The van der Waals surface area contributed by atoms with Gasteiger partial charge < -0.3 is 4.90 Å². The van der Waals surface area contributed by atoms with Crippen LogP contribution in [0.4, 0.5) is 0 Å². The predicted octanol–water partition coefficient (Wildman–Crippen LogP) is 4.25. The van der Waals surface area contributed by atoms with Crippen molar-refractivity contribution in [3.63, 3.8) is 0 Å². The van der Waals surface area contributed by atoms with Crippen LogP contribution < -0.4 is 0 Å². The molecular weight excluding hydrogens is 270 g/mol. The van der Waals surface area contributed by atoms with Gasteiger partial charge in [-0.3, -0.25) is 5.41 Å². The standard InChI is InChI=1S/C19H21N3/c1-14(20)22(2)13-7-10-15-16-8-3-5-11-18(16)21-19-12-6-4-9-17(15)19/h3-6,8-9,11-12,20H,7,10,13H2,1-2H3. The van der Waals surface area contributed by atoms with Crippen LogP contribution in [0.15, 0.2) is 48.5 Å². The number of fused-ring (bicyclic) bond motifs is 2. The van der Waals surface area contributed by atoms with Gasteiger partial charge in [-0.15, -0.1) is 0 Å². The Labute approximate surface area is 131 Å². The Morgan fingerprint density at radius 1 is 1.00 bits per heavy atom. The molecule has 0 aliphatic heterocycles.